The van der Waals surface area contributed by atoms with Gasteiger partial charge in [0, 0.05) is 17.6 Å². The molecule has 0 unspecified atom stereocenters. The zero-order valence-corrected chi connectivity index (χ0v) is 12.1. The van der Waals surface area contributed by atoms with Crippen molar-refractivity contribution >= 4 is 22.4 Å². The largest absolute Gasteiger partial charge is 0.479 e. The van der Waals surface area contributed by atoms with Crippen molar-refractivity contribution in [2.75, 3.05) is 13.2 Å². The van der Waals surface area contributed by atoms with Gasteiger partial charge in [-0.1, -0.05) is 6.07 Å². The summed E-state index contributed by atoms with van der Waals surface area (Å²) in [6.45, 7) is 2.10. The zero-order chi connectivity index (χ0) is 15.5. The summed E-state index contributed by atoms with van der Waals surface area (Å²) in [6, 6.07) is 13.0. The van der Waals surface area contributed by atoms with Crippen LogP contribution >= 0.6 is 0 Å². The number of hydrogen-bond acceptors (Lipinski definition) is 4. The standard InChI is InChI=1S/C17H14N2O3/c1-2-21-17(20)16-13-7-6-12(22-10-8-18)11-15(13)19-9-4-3-5-14(16)19/h3-7,9,11H,2,10H2,1H3. The molecular formula is C17H14N2O3. The number of aromatic nitrogens is 1. The van der Waals surface area contributed by atoms with Crippen LogP contribution in [0.5, 0.6) is 5.75 Å². The first kappa shape index (κ1) is 14.0. The van der Waals surface area contributed by atoms with E-state index in [4.69, 9.17) is 14.7 Å². The van der Waals surface area contributed by atoms with Gasteiger partial charge in [-0.25, -0.2) is 4.79 Å². The monoisotopic (exact) mass is 294 g/mol. The third-order valence-electron chi connectivity index (χ3n) is 3.40. The Balaban J connectivity index is 2.25. The maximum absolute atomic E-state index is 12.3. The van der Waals surface area contributed by atoms with Gasteiger partial charge in [0.1, 0.15) is 11.8 Å². The van der Waals surface area contributed by atoms with Crippen LogP contribution in [-0.2, 0) is 4.74 Å². The van der Waals surface area contributed by atoms with E-state index in [0.29, 0.717) is 17.9 Å². The minimum Gasteiger partial charge on any atom is -0.479 e. The lowest BCUT2D eigenvalue weighted by atomic mass is 10.1. The zero-order valence-electron chi connectivity index (χ0n) is 12.1. The molecule has 0 radical (unpaired) electrons. The summed E-state index contributed by atoms with van der Waals surface area (Å²) < 4.78 is 12.4. The minimum absolute atomic E-state index is 0.0143. The van der Waals surface area contributed by atoms with Crippen molar-refractivity contribution in [2.45, 2.75) is 6.92 Å². The van der Waals surface area contributed by atoms with Gasteiger partial charge in [-0.15, -0.1) is 0 Å². The first-order valence-corrected chi connectivity index (χ1v) is 6.96. The average molecular weight is 294 g/mol. The van der Waals surface area contributed by atoms with Gasteiger partial charge in [-0.3, -0.25) is 0 Å². The van der Waals surface area contributed by atoms with Crippen LogP contribution in [0.15, 0.2) is 42.6 Å². The molecule has 0 aliphatic heterocycles. The number of nitriles is 1. The molecule has 0 atom stereocenters. The highest BCUT2D eigenvalue weighted by Gasteiger charge is 2.19. The van der Waals surface area contributed by atoms with Crippen LogP contribution in [0.3, 0.4) is 0 Å². The van der Waals surface area contributed by atoms with E-state index in [2.05, 4.69) is 0 Å². The number of pyridine rings is 1. The summed E-state index contributed by atoms with van der Waals surface area (Å²) in [7, 11) is 0. The summed E-state index contributed by atoms with van der Waals surface area (Å²) in [5.74, 6) is 0.250. The molecule has 0 saturated carbocycles. The molecule has 0 N–H and O–H groups in total. The second kappa shape index (κ2) is 5.78. The second-order valence-corrected chi connectivity index (χ2v) is 4.68. The summed E-state index contributed by atoms with van der Waals surface area (Å²) in [4.78, 5) is 12.3. The predicted octanol–water partition coefficient (Wildman–Crippen LogP) is 3.17. The van der Waals surface area contributed by atoms with Gasteiger partial charge in [-0.2, -0.15) is 5.26 Å². The van der Waals surface area contributed by atoms with Crippen molar-refractivity contribution in [3.8, 4) is 11.8 Å². The maximum atomic E-state index is 12.3. The van der Waals surface area contributed by atoms with Crippen LogP contribution < -0.4 is 4.74 Å². The van der Waals surface area contributed by atoms with E-state index < -0.39 is 0 Å². The van der Waals surface area contributed by atoms with Gasteiger partial charge >= 0.3 is 5.97 Å². The molecule has 5 heteroatoms. The highest BCUT2D eigenvalue weighted by atomic mass is 16.5. The normalized spacial score (nSPS) is 10.5. The number of ether oxygens (including phenoxy) is 2. The first-order chi connectivity index (χ1) is 10.8. The summed E-state index contributed by atoms with van der Waals surface area (Å²) in [5.41, 5.74) is 2.17. The van der Waals surface area contributed by atoms with E-state index in [1.807, 2.05) is 47.0 Å². The number of benzene rings is 1. The molecule has 0 saturated heterocycles. The first-order valence-electron chi connectivity index (χ1n) is 6.96. The van der Waals surface area contributed by atoms with Gasteiger partial charge in [-0.05, 0) is 31.2 Å². The van der Waals surface area contributed by atoms with Crippen molar-refractivity contribution in [3.63, 3.8) is 0 Å². The van der Waals surface area contributed by atoms with E-state index in [0.717, 1.165) is 16.4 Å². The second-order valence-electron chi connectivity index (χ2n) is 4.68. The summed E-state index contributed by atoms with van der Waals surface area (Å²) in [5, 5.41) is 9.41. The Hall–Kier alpha value is -3.00. The summed E-state index contributed by atoms with van der Waals surface area (Å²) >= 11 is 0. The molecule has 110 valence electrons. The Bertz CT molecular complexity index is 890. The third kappa shape index (κ3) is 2.25. The molecule has 5 nitrogen and oxygen atoms in total. The maximum Gasteiger partial charge on any atom is 0.340 e. The minimum atomic E-state index is -0.341. The molecule has 3 aromatic rings. The SMILES string of the molecule is CCOC(=O)c1c2ccc(OCC#N)cc2n2ccccc12. The van der Waals surface area contributed by atoms with Crippen LogP contribution in [-0.4, -0.2) is 23.6 Å². The molecule has 0 amide bonds. The fraction of sp³-hybridized carbons (Fsp3) is 0.176. The van der Waals surface area contributed by atoms with Gasteiger partial charge in [0.25, 0.3) is 0 Å². The Morgan fingerprint density at radius 1 is 1.27 bits per heavy atom. The van der Waals surface area contributed by atoms with E-state index in [1.54, 1.807) is 13.0 Å². The highest BCUT2D eigenvalue weighted by Crippen LogP contribution is 2.30. The molecule has 3 rings (SSSR count). The Morgan fingerprint density at radius 2 is 2.14 bits per heavy atom. The number of carbonyl (C=O) groups is 1. The number of nitrogens with zero attached hydrogens (tertiary/aromatic N) is 2. The van der Waals surface area contributed by atoms with Crippen molar-refractivity contribution < 1.29 is 14.3 Å². The van der Waals surface area contributed by atoms with Crippen molar-refractivity contribution in [1.82, 2.24) is 4.40 Å². The van der Waals surface area contributed by atoms with Gasteiger partial charge in [0.15, 0.2) is 6.61 Å². The fourth-order valence-electron chi connectivity index (χ4n) is 2.54. The lowest BCUT2D eigenvalue weighted by Gasteiger charge is -2.02. The van der Waals surface area contributed by atoms with E-state index >= 15 is 0 Å². The van der Waals surface area contributed by atoms with Gasteiger partial charge < -0.3 is 13.9 Å². The van der Waals surface area contributed by atoms with Crippen molar-refractivity contribution in [3.05, 3.63) is 48.2 Å². The van der Waals surface area contributed by atoms with Crippen LogP contribution in [0, 0.1) is 11.3 Å². The average Bonchev–Trinajstić information content (AvgIpc) is 2.87. The molecule has 0 spiro atoms. The molecule has 2 heterocycles. The molecular weight excluding hydrogens is 280 g/mol. The quantitative estimate of drug-likeness (QED) is 0.693. The highest BCUT2D eigenvalue weighted by molar-refractivity contribution is 6.11. The number of hydrogen-bond donors (Lipinski definition) is 0. The van der Waals surface area contributed by atoms with Crippen LogP contribution in [0.25, 0.3) is 16.4 Å². The number of esters is 1. The number of carbonyl (C=O) groups excluding carboxylic acids is 1. The van der Waals surface area contributed by atoms with E-state index in [1.165, 1.54) is 0 Å². The van der Waals surface area contributed by atoms with Crippen molar-refractivity contribution in [1.29, 1.82) is 5.26 Å². The molecule has 2 aromatic heterocycles. The third-order valence-corrected chi connectivity index (χ3v) is 3.40. The number of fused-ring (bicyclic) bond motifs is 3. The Morgan fingerprint density at radius 3 is 2.91 bits per heavy atom. The van der Waals surface area contributed by atoms with E-state index in [-0.39, 0.29) is 12.6 Å². The van der Waals surface area contributed by atoms with Crippen LogP contribution in [0.2, 0.25) is 0 Å². The van der Waals surface area contributed by atoms with Crippen LogP contribution in [0.4, 0.5) is 0 Å². The molecule has 0 bridgehead atoms. The lowest BCUT2D eigenvalue weighted by molar-refractivity contribution is 0.0531. The van der Waals surface area contributed by atoms with E-state index in [9.17, 15) is 4.79 Å². The molecule has 0 fully saturated rings. The number of rotatable bonds is 4. The lowest BCUT2D eigenvalue weighted by Crippen LogP contribution is -2.04. The molecule has 22 heavy (non-hydrogen) atoms. The summed E-state index contributed by atoms with van der Waals surface area (Å²) in [6.07, 6.45) is 1.88. The fourth-order valence-corrected chi connectivity index (χ4v) is 2.54. The van der Waals surface area contributed by atoms with Gasteiger partial charge in [0.2, 0.25) is 0 Å². The molecule has 0 aliphatic rings. The topological polar surface area (TPSA) is 63.7 Å². The molecule has 1 aromatic carbocycles. The van der Waals surface area contributed by atoms with Crippen molar-refractivity contribution in [2.24, 2.45) is 0 Å². The Kier molecular flexibility index (Phi) is 3.67. The van der Waals surface area contributed by atoms with Crippen LogP contribution in [0.1, 0.15) is 17.3 Å². The van der Waals surface area contributed by atoms with Gasteiger partial charge in [0.05, 0.1) is 23.2 Å². The predicted molar refractivity (Wildman–Crippen MR) is 82.0 cm³/mol. The smallest absolute Gasteiger partial charge is 0.340 e. The molecule has 0 aliphatic carbocycles. The Labute approximate surface area is 127 Å².